The fraction of sp³-hybridized carbons (Fsp3) is 0.263. The minimum Gasteiger partial charge on any atom is -0.459 e. The Morgan fingerprint density at radius 1 is 1.11 bits per heavy atom. The van der Waals surface area contributed by atoms with Crippen LogP contribution in [0.2, 0.25) is 0 Å². The van der Waals surface area contributed by atoms with Crippen molar-refractivity contribution in [1.29, 1.82) is 0 Å². The highest BCUT2D eigenvalue weighted by Crippen LogP contribution is 2.12. The molecule has 148 valence electrons. The summed E-state index contributed by atoms with van der Waals surface area (Å²) in [6, 6.07) is 8.34. The molecule has 0 spiro atoms. The molecule has 0 unspecified atom stereocenters. The summed E-state index contributed by atoms with van der Waals surface area (Å²) in [5.74, 6) is -1.87. The van der Waals surface area contributed by atoms with E-state index in [1.165, 1.54) is 43.5 Å². The van der Waals surface area contributed by atoms with E-state index >= 15 is 0 Å². The van der Waals surface area contributed by atoms with Gasteiger partial charge in [-0.25, -0.2) is 4.79 Å². The third kappa shape index (κ3) is 5.97. The molecule has 3 N–H and O–H groups in total. The van der Waals surface area contributed by atoms with Gasteiger partial charge in [-0.3, -0.25) is 14.4 Å². The van der Waals surface area contributed by atoms with E-state index in [1.54, 1.807) is 13.0 Å². The van der Waals surface area contributed by atoms with Crippen LogP contribution in [0.5, 0.6) is 0 Å². The first kappa shape index (κ1) is 20.7. The highest BCUT2D eigenvalue weighted by atomic mass is 16.5. The molecule has 2 rings (SSSR count). The summed E-state index contributed by atoms with van der Waals surface area (Å²) in [5, 5.41) is 7.62. The Kier molecular flexibility index (Phi) is 7.32. The van der Waals surface area contributed by atoms with E-state index in [9.17, 15) is 19.2 Å². The zero-order chi connectivity index (χ0) is 20.5. The van der Waals surface area contributed by atoms with Crippen LogP contribution in [0.1, 0.15) is 34.8 Å². The van der Waals surface area contributed by atoms with Gasteiger partial charge in [0.25, 0.3) is 11.8 Å². The Labute approximate surface area is 161 Å². The second kappa shape index (κ2) is 9.91. The lowest BCUT2D eigenvalue weighted by Crippen LogP contribution is -2.46. The molecular formula is C19H21N3O6. The maximum Gasteiger partial charge on any atom is 0.338 e. The lowest BCUT2D eigenvalue weighted by Gasteiger charge is -2.13. The molecule has 0 aliphatic heterocycles. The molecule has 2 aromatic rings. The standard InChI is InChI=1S/C19H21N3O6/c1-3-20-17(24)12(2)21-16(23)11-28-19(26)13-6-8-14(9-7-13)22-18(25)15-5-4-10-27-15/h4-10,12H,3,11H2,1-2H3,(H,20,24)(H,21,23)(H,22,25)/t12-/m0/s1. The molecule has 0 saturated carbocycles. The quantitative estimate of drug-likeness (QED) is 0.587. The summed E-state index contributed by atoms with van der Waals surface area (Å²) >= 11 is 0. The Balaban J connectivity index is 1.81. The van der Waals surface area contributed by atoms with Crippen LogP contribution in [0.4, 0.5) is 5.69 Å². The van der Waals surface area contributed by atoms with Gasteiger partial charge in [0, 0.05) is 12.2 Å². The van der Waals surface area contributed by atoms with Gasteiger partial charge in [-0.05, 0) is 50.2 Å². The number of nitrogens with one attached hydrogen (secondary N) is 3. The van der Waals surface area contributed by atoms with E-state index in [4.69, 9.17) is 9.15 Å². The Morgan fingerprint density at radius 2 is 1.82 bits per heavy atom. The number of benzene rings is 1. The van der Waals surface area contributed by atoms with Crippen LogP contribution in [0.25, 0.3) is 0 Å². The highest BCUT2D eigenvalue weighted by molar-refractivity contribution is 6.02. The van der Waals surface area contributed by atoms with Crippen molar-refractivity contribution in [1.82, 2.24) is 10.6 Å². The number of carbonyl (C=O) groups is 4. The first-order valence-electron chi connectivity index (χ1n) is 8.59. The number of hydrogen-bond donors (Lipinski definition) is 3. The fourth-order valence-electron chi connectivity index (χ4n) is 2.18. The van der Waals surface area contributed by atoms with E-state index in [-0.39, 0.29) is 17.2 Å². The van der Waals surface area contributed by atoms with Gasteiger partial charge in [-0.2, -0.15) is 0 Å². The van der Waals surface area contributed by atoms with Gasteiger partial charge in [-0.15, -0.1) is 0 Å². The summed E-state index contributed by atoms with van der Waals surface area (Å²) in [6.07, 6.45) is 1.39. The van der Waals surface area contributed by atoms with Crippen LogP contribution in [0.15, 0.2) is 47.1 Å². The number of amides is 3. The molecule has 1 aromatic heterocycles. The predicted molar refractivity (Wildman–Crippen MR) is 99.7 cm³/mol. The number of ether oxygens (including phenoxy) is 1. The number of anilines is 1. The van der Waals surface area contributed by atoms with Gasteiger partial charge in [0.2, 0.25) is 5.91 Å². The number of likely N-dealkylation sites (N-methyl/N-ethyl adjacent to an activating group) is 1. The van der Waals surface area contributed by atoms with Crippen molar-refractivity contribution in [3.8, 4) is 0 Å². The molecule has 0 saturated heterocycles. The van der Waals surface area contributed by atoms with Gasteiger partial charge >= 0.3 is 5.97 Å². The van der Waals surface area contributed by atoms with Crippen LogP contribution in [0.3, 0.4) is 0 Å². The first-order valence-corrected chi connectivity index (χ1v) is 8.59. The number of esters is 1. The van der Waals surface area contributed by atoms with E-state index in [2.05, 4.69) is 16.0 Å². The highest BCUT2D eigenvalue weighted by Gasteiger charge is 2.16. The average Bonchev–Trinajstić information content (AvgIpc) is 3.22. The minimum absolute atomic E-state index is 0.163. The van der Waals surface area contributed by atoms with Gasteiger partial charge in [0.05, 0.1) is 11.8 Å². The molecule has 0 aliphatic carbocycles. The number of furan rings is 1. The van der Waals surface area contributed by atoms with Crippen LogP contribution >= 0.6 is 0 Å². The normalized spacial score (nSPS) is 11.2. The van der Waals surface area contributed by atoms with Crippen molar-refractivity contribution in [3.05, 3.63) is 54.0 Å². The zero-order valence-electron chi connectivity index (χ0n) is 15.5. The van der Waals surface area contributed by atoms with Gasteiger partial charge < -0.3 is 25.1 Å². The summed E-state index contributed by atoms with van der Waals surface area (Å²) < 4.78 is 9.92. The predicted octanol–water partition coefficient (Wildman–Crippen LogP) is 1.33. The zero-order valence-corrected chi connectivity index (χ0v) is 15.5. The Morgan fingerprint density at radius 3 is 2.43 bits per heavy atom. The summed E-state index contributed by atoms with van der Waals surface area (Å²) in [7, 11) is 0. The monoisotopic (exact) mass is 387 g/mol. The lowest BCUT2D eigenvalue weighted by molar-refractivity contribution is -0.130. The molecular weight excluding hydrogens is 366 g/mol. The van der Waals surface area contributed by atoms with E-state index in [0.29, 0.717) is 12.2 Å². The largest absolute Gasteiger partial charge is 0.459 e. The van der Waals surface area contributed by atoms with Crippen molar-refractivity contribution >= 4 is 29.4 Å². The van der Waals surface area contributed by atoms with Crippen molar-refractivity contribution < 1.29 is 28.3 Å². The molecule has 3 amide bonds. The van der Waals surface area contributed by atoms with Crippen molar-refractivity contribution in [3.63, 3.8) is 0 Å². The minimum atomic E-state index is -0.733. The lowest BCUT2D eigenvalue weighted by atomic mass is 10.2. The Hall–Kier alpha value is -3.62. The number of hydrogen-bond acceptors (Lipinski definition) is 6. The summed E-state index contributed by atoms with van der Waals surface area (Å²) in [6.45, 7) is 3.23. The number of rotatable bonds is 8. The maximum atomic E-state index is 12.0. The number of carbonyl (C=O) groups excluding carboxylic acids is 4. The summed E-state index contributed by atoms with van der Waals surface area (Å²) in [5.41, 5.74) is 0.673. The van der Waals surface area contributed by atoms with E-state index < -0.39 is 30.4 Å². The second-order valence-corrected chi connectivity index (χ2v) is 5.77. The van der Waals surface area contributed by atoms with E-state index in [1.807, 2.05) is 0 Å². The van der Waals surface area contributed by atoms with Gasteiger partial charge in [0.15, 0.2) is 12.4 Å². The van der Waals surface area contributed by atoms with Crippen LogP contribution < -0.4 is 16.0 Å². The van der Waals surface area contributed by atoms with Crippen LogP contribution in [0, 0.1) is 0 Å². The topological polar surface area (TPSA) is 127 Å². The molecule has 0 radical (unpaired) electrons. The van der Waals surface area contributed by atoms with Crippen molar-refractivity contribution in [2.45, 2.75) is 19.9 Å². The van der Waals surface area contributed by atoms with E-state index in [0.717, 1.165) is 0 Å². The SMILES string of the molecule is CCNC(=O)[C@H](C)NC(=O)COC(=O)c1ccc(NC(=O)c2ccco2)cc1. The molecule has 0 fully saturated rings. The smallest absolute Gasteiger partial charge is 0.338 e. The third-order valence-electron chi connectivity index (χ3n) is 3.58. The van der Waals surface area contributed by atoms with Crippen LogP contribution in [-0.4, -0.2) is 42.9 Å². The average molecular weight is 387 g/mol. The van der Waals surface area contributed by atoms with Crippen LogP contribution in [-0.2, 0) is 14.3 Å². The van der Waals surface area contributed by atoms with Crippen molar-refractivity contribution in [2.24, 2.45) is 0 Å². The Bertz CT molecular complexity index is 830. The molecule has 0 bridgehead atoms. The molecule has 9 nitrogen and oxygen atoms in total. The molecule has 1 atom stereocenters. The summed E-state index contributed by atoms with van der Waals surface area (Å²) in [4.78, 5) is 47.2. The van der Waals surface area contributed by atoms with Gasteiger partial charge in [-0.1, -0.05) is 0 Å². The fourth-order valence-corrected chi connectivity index (χ4v) is 2.18. The van der Waals surface area contributed by atoms with Crippen molar-refractivity contribution in [2.75, 3.05) is 18.5 Å². The molecule has 1 aromatic carbocycles. The second-order valence-electron chi connectivity index (χ2n) is 5.77. The third-order valence-corrected chi connectivity index (χ3v) is 3.58. The molecule has 0 aliphatic rings. The molecule has 28 heavy (non-hydrogen) atoms. The molecule has 1 heterocycles. The first-order chi connectivity index (χ1) is 13.4. The molecule has 9 heteroatoms. The maximum absolute atomic E-state index is 12.0. The van der Waals surface area contributed by atoms with Gasteiger partial charge in [0.1, 0.15) is 6.04 Å².